The highest BCUT2D eigenvalue weighted by molar-refractivity contribution is 9.10. The van der Waals surface area contributed by atoms with Crippen molar-refractivity contribution in [1.29, 1.82) is 0 Å². The summed E-state index contributed by atoms with van der Waals surface area (Å²) in [6.07, 6.45) is 5.39. The lowest BCUT2D eigenvalue weighted by atomic mass is 9.98. The van der Waals surface area contributed by atoms with Crippen LogP contribution >= 0.6 is 15.9 Å². The molecule has 2 fully saturated rings. The second-order valence-corrected chi connectivity index (χ2v) is 7.34. The summed E-state index contributed by atoms with van der Waals surface area (Å²) in [6.45, 7) is 8.47. The Bertz CT molecular complexity index is 446. The van der Waals surface area contributed by atoms with E-state index in [-0.39, 0.29) is 0 Å². The van der Waals surface area contributed by atoms with Crippen LogP contribution in [0.5, 0.6) is 0 Å². The van der Waals surface area contributed by atoms with Crippen molar-refractivity contribution in [2.45, 2.75) is 39.2 Å². The molecule has 3 heteroatoms. The highest BCUT2D eigenvalue weighted by atomic mass is 79.9. The first-order valence-corrected chi connectivity index (χ1v) is 8.77. The van der Waals surface area contributed by atoms with Gasteiger partial charge in [-0.2, -0.15) is 0 Å². The minimum Gasteiger partial charge on any atom is -0.371 e. The second kappa shape index (κ2) is 6.48. The molecule has 0 amide bonds. The van der Waals surface area contributed by atoms with E-state index in [1.807, 2.05) is 0 Å². The minimum absolute atomic E-state index is 0.911. The molecular weight excluding hydrogens is 312 g/mol. The highest BCUT2D eigenvalue weighted by Crippen LogP contribution is 2.30. The first-order valence-electron chi connectivity index (χ1n) is 7.98. The van der Waals surface area contributed by atoms with E-state index in [4.69, 9.17) is 0 Å². The summed E-state index contributed by atoms with van der Waals surface area (Å²) < 4.78 is 1.20. The molecule has 20 heavy (non-hydrogen) atoms. The molecule has 0 unspecified atom stereocenters. The van der Waals surface area contributed by atoms with Gasteiger partial charge < -0.3 is 4.90 Å². The van der Waals surface area contributed by atoms with Crippen molar-refractivity contribution >= 4 is 21.6 Å². The lowest BCUT2D eigenvalue weighted by molar-refractivity contribution is 0.185. The summed E-state index contributed by atoms with van der Waals surface area (Å²) in [5, 5.41) is 0. The van der Waals surface area contributed by atoms with Crippen molar-refractivity contribution < 1.29 is 0 Å². The Labute approximate surface area is 131 Å². The third kappa shape index (κ3) is 3.37. The van der Waals surface area contributed by atoms with Crippen molar-refractivity contribution in [2.75, 3.05) is 31.1 Å². The molecule has 0 saturated carbocycles. The SMILES string of the molecule is CC1CCN(Cc2ccc(Br)cc2N2CCCC2)CC1. The quantitative estimate of drug-likeness (QED) is 0.812. The summed E-state index contributed by atoms with van der Waals surface area (Å²) in [5.74, 6) is 0.911. The molecule has 0 radical (unpaired) electrons. The van der Waals surface area contributed by atoms with Gasteiger partial charge in [0.05, 0.1) is 0 Å². The second-order valence-electron chi connectivity index (χ2n) is 6.43. The Morgan fingerprint density at radius 2 is 1.80 bits per heavy atom. The molecular formula is C17H25BrN2. The summed E-state index contributed by atoms with van der Waals surface area (Å²) in [7, 11) is 0. The van der Waals surface area contributed by atoms with Gasteiger partial charge in [-0.05, 0) is 62.4 Å². The van der Waals surface area contributed by atoms with Crippen LogP contribution in [0.2, 0.25) is 0 Å². The standard InChI is InChI=1S/C17H25BrN2/c1-14-6-10-19(11-7-14)13-15-4-5-16(18)12-17(15)20-8-2-3-9-20/h4-5,12,14H,2-3,6-11,13H2,1H3. The van der Waals surface area contributed by atoms with Gasteiger partial charge in [0.15, 0.2) is 0 Å². The third-order valence-electron chi connectivity index (χ3n) is 4.76. The van der Waals surface area contributed by atoms with Gasteiger partial charge in [-0.3, -0.25) is 4.90 Å². The molecule has 0 bridgehead atoms. The van der Waals surface area contributed by atoms with Crippen LogP contribution in [0.3, 0.4) is 0 Å². The molecule has 1 aromatic rings. The zero-order chi connectivity index (χ0) is 13.9. The van der Waals surface area contributed by atoms with Crippen LogP contribution in [-0.4, -0.2) is 31.1 Å². The number of likely N-dealkylation sites (tertiary alicyclic amines) is 1. The maximum atomic E-state index is 3.64. The predicted molar refractivity (Wildman–Crippen MR) is 89.3 cm³/mol. The van der Waals surface area contributed by atoms with Gasteiger partial charge in [-0.25, -0.2) is 0 Å². The molecule has 3 rings (SSSR count). The molecule has 0 aromatic heterocycles. The van der Waals surface area contributed by atoms with Crippen molar-refractivity contribution in [3.63, 3.8) is 0 Å². The van der Waals surface area contributed by atoms with Crippen LogP contribution in [0.4, 0.5) is 5.69 Å². The maximum Gasteiger partial charge on any atom is 0.0423 e. The average Bonchev–Trinajstić information content (AvgIpc) is 2.97. The van der Waals surface area contributed by atoms with E-state index in [0.29, 0.717) is 0 Å². The smallest absolute Gasteiger partial charge is 0.0423 e. The molecule has 2 saturated heterocycles. The molecule has 0 N–H and O–H groups in total. The number of anilines is 1. The fraction of sp³-hybridized carbons (Fsp3) is 0.647. The summed E-state index contributed by atoms with van der Waals surface area (Å²) in [5.41, 5.74) is 2.96. The van der Waals surface area contributed by atoms with Gasteiger partial charge in [-0.1, -0.05) is 28.9 Å². The normalized spacial score (nSPS) is 21.6. The Kier molecular flexibility index (Phi) is 4.67. The van der Waals surface area contributed by atoms with E-state index in [9.17, 15) is 0 Å². The van der Waals surface area contributed by atoms with E-state index in [0.717, 1.165) is 12.5 Å². The summed E-state index contributed by atoms with van der Waals surface area (Å²) in [4.78, 5) is 5.19. The Morgan fingerprint density at radius 3 is 2.50 bits per heavy atom. The van der Waals surface area contributed by atoms with Gasteiger partial charge in [-0.15, -0.1) is 0 Å². The molecule has 0 aliphatic carbocycles. The van der Waals surface area contributed by atoms with Gasteiger partial charge in [0.1, 0.15) is 0 Å². The first kappa shape index (κ1) is 14.4. The predicted octanol–water partition coefficient (Wildman–Crippen LogP) is 4.28. The number of hydrogen-bond donors (Lipinski definition) is 0. The minimum atomic E-state index is 0.911. The van der Waals surface area contributed by atoms with E-state index < -0.39 is 0 Å². The van der Waals surface area contributed by atoms with Crippen LogP contribution in [0.25, 0.3) is 0 Å². The average molecular weight is 337 g/mol. The van der Waals surface area contributed by atoms with Crippen LogP contribution in [0, 0.1) is 5.92 Å². The van der Waals surface area contributed by atoms with Crippen molar-refractivity contribution in [2.24, 2.45) is 5.92 Å². The molecule has 2 heterocycles. The van der Waals surface area contributed by atoms with Crippen molar-refractivity contribution in [3.8, 4) is 0 Å². The fourth-order valence-electron chi connectivity index (χ4n) is 3.38. The van der Waals surface area contributed by atoms with Gasteiger partial charge in [0, 0.05) is 29.8 Å². The lowest BCUT2D eigenvalue weighted by Crippen LogP contribution is -2.33. The number of halogens is 1. The van der Waals surface area contributed by atoms with Gasteiger partial charge in [0.25, 0.3) is 0 Å². The molecule has 110 valence electrons. The van der Waals surface area contributed by atoms with E-state index in [1.54, 1.807) is 0 Å². The maximum absolute atomic E-state index is 3.64. The molecule has 0 spiro atoms. The lowest BCUT2D eigenvalue weighted by Gasteiger charge is -2.32. The number of benzene rings is 1. The number of nitrogens with zero attached hydrogens (tertiary/aromatic N) is 2. The largest absolute Gasteiger partial charge is 0.371 e. The van der Waals surface area contributed by atoms with E-state index >= 15 is 0 Å². The number of piperidine rings is 1. The Hall–Kier alpha value is -0.540. The van der Waals surface area contributed by atoms with E-state index in [2.05, 4.69) is 50.9 Å². The van der Waals surface area contributed by atoms with E-state index in [1.165, 1.54) is 67.6 Å². The van der Waals surface area contributed by atoms with Crippen molar-refractivity contribution in [3.05, 3.63) is 28.2 Å². The van der Waals surface area contributed by atoms with Crippen LogP contribution in [-0.2, 0) is 6.54 Å². The Morgan fingerprint density at radius 1 is 1.10 bits per heavy atom. The molecule has 2 aliphatic rings. The highest BCUT2D eigenvalue weighted by Gasteiger charge is 2.20. The summed E-state index contributed by atoms with van der Waals surface area (Å²) in [6, 6.07) is 6.82. The zero-order valence-electron chi connectivity index (χ0n) is 12.4. The number of rotatable bonds is 3. The van der Waals surface area contributed by atoms with Gasteiger partial charge >= 0.3 is 0 Å². The Balaban J connectivity index is 1.74. The number of hydrogen-bond acceptors (Lipinski definition) is 2. The van der Waals surface area contributed by atoms with Gasteiger partial charge in [0.2, 0.25) is 0 Å². The monoisotopic (exact) mass is 336 g/mol. The first-order chi connectivity index (χ1) is 9.72. The zero-order valence-corrected chi connectivity index (χ0v) is 14.0. The summed E-state index contributed by atoms with van der Waals surface area (Å²) >= 11 is 3.64. The third-order valence-corrected chi connectivity index (χ3v) is 5.26. The van der Waals surface area contributed by atoms with Crippen LogP contribution in [0.15, 0.2) is 22.7 Å². The molecule has 0 atom stereocenters. The molecule has 2 nitrogen and oxygen atoms in total. The van der Waals surface area contributed by atoms with Crippen molar-refractivity contribution in [1.82, 2.24) is 4.90 Å². The van der Waals surface area contributed by atoms with Crippen LogP contribution in [0.1, 0.15) is 38.2 Å². The fourth-order valence-corrected chi connectivity index (χ4v) is 3.73. The molecule has 2 aliphatic heterocycles. The molecule has 1 aromatic carbocycles. The van der Waals surface area contributed by atoms with Crippen LogP contribution < -0.4 is 4.90 Å². The topological polar surface area (TPSA) is 6.48 Å².